The Labute approximate surface area is 170 Å². The van der Waals surface area contributed by atoms with Crippen LogP contribution in [0.4, 0.5) is 11.5 Å². The Morgan fingerprint density at radius 2 is 2.00 bits per heavy atom. The van der Waals surface area contributed by atoms with E-state index in [4.69, 9.17) is 4.42 Å². The molecule has 1 aliphatic rings. The third-order valence-electron chi connectivity index (χ3n) is 4.78. The Morgan fingerprint density at radius 1 is 1.18 bits per heavy atom. The molecular weight excluding hydrogens is 424 g/mol. The molecule has 1 aliphatic carbocycles. The number of carbonyl (C=O) groups excluding carboxylic acids is 2. The number of hydrogen-bond acceptors (Lipinski definition) is 4. The van der Waals surface area contributed by atoms with Gasteiger partial charge < -0.3 is 15.1 Å². The quantitative estimate of drug-likeness (QED) is 0.577. The summed E-state index contributed by atoms with van der Waals surface area (Å²) in [6.07, 6.45) is 4.08. The number of rotatable bonds is 6. The van der Waals surface area contributed by atoms with Crippen LogP contribution >= 0.6 is 15.9 Å². The highest BCUT2D eigenvalue weighted by molar-refractivity contribution is 9.10. The van der Waals surface area contributed by atoms with E-state index in [1.165, 1.54) is 12.8 Å². The Hall–Kier alpha value is -2.87. The van der Waals surface area contributed by atoms with Gasteiger partial charge in [-0.2, -0.15) is 5.10 Å². The van der Waals surface area contributed by atoms with E-state index < -0.39 is 0 Å². The van der Waals surface area contributed by atoms with Gasteiger partial charge in [-0.15, -0.1) is 0 Å². The number of carbonyl (C=O) groups is 2. The zero-order valence-electron chi connectivity index (χ0n) is 15.2. The van der Waals surface area contributed by atoms with Gasteiger partial charge in [0.2, 0.25) is 0 Å². The number of nitrogens with zero attached hydrogens (tertiary/aromatic N) is 2. The largest absolute Gasteiger partial charge is 0.444 e. The van der Waals surface area contributed by atoms with E-state index in [9.17, 15) is 9.59 Å². The summed E-state index contributed by atoms with van der Waals surface area (Å²) in [5.74, 6) is 0.816. The van der Waals surface area contributed by atoms with Crippen molar-refractivity contribution in [1.82, 2.24) is 9.78 Å². The molecule has 1 saturated carbocycles. The summed E-state index contributed by atoms with van der Waals surface area (Å²) in [5, 5.41) is 9.98. The highest BCUT2D eigenvalue weighted by atomic mass is 79.9. The summed E-state index contributed by atoms with van der Waals surface area (Å²) >= 11 is 3.17. The first kappa shape index (κ1) is 18.5. The first-order valence-electron chi connectivity index (χ1n) is 9.03. The molecule has 3 aromatic rings. The van der Waals surface area contributed by atoms with Crippen LogP contribution in [0.25, 0.3) is 0 Å². The van der Waals surface area contributed by atoms with Crippen LogP contribution in [0.5, 0.6) is 0 Å². The van der Waals surface area contributed by atoms with E-state index in [2.05, 4.69) is 38.6 Å². The highest BCUT2D eigenvalue weighted by Crippen LogP contribution is 2.40. The normalized spacial score (nSPS) is 14.5. The second kappa shape index (κ2) is 7.63. The van der Waals surface area contributed by atoms with Crippen molar-refractivity contribution in [3.63, 3.8) is 0 Å². The Bertz CT molecular complexity index is 1020. The number of furan rings is 1. The van der Waals surface area contributed by atoms with Crippen molar-refractivity contribution in [2.24, 2.45) is 5.92 Å². The summed E-state index contributed by atoms with van der Waals surface area (Å²) in [6, 6.07) is 12.0. The van der Waals surface area contributed by atoms with Crippen molar-refractivity contribution in [2.45, 2.75) is 25.8 Å². The topological polar surface area (TPSA) is 89.2 Å². The molecule has 1 fully saturated rings. The third kappa shape index (κ3) is 4.01. The van der Waals surface area contributed by atoms with Crippen LogP contribution in [-0.2, 0) is 0 Å². The van der Waals surface area contributed by atoms with Crippen LogP contribution in [0, 0.1) is 5.92 Å². The average molecular weight is 443 g/mol. The van der Waals surface area contributed by atoms with Crippen LogP contribution in [0.1, 0.15) is 46.7 Å². The second-order valence-corrected chi connectivity index (χ2v) is 7.61. The predicted octanol–water partition coefficient (Wildman–Crippen LogP) is 4.71. The average Bonchev–Trinajstić information content (AvgIpc) is 3.28. The van der Waals surface area contributed by atoms with Gasteiger partial charge in [-0.3, -0.25) is 9.59 Å². The molecule has 0 bridgehead atoms. The number of benzene rings is 1. The van der Waals surface area contributed by atoms with Gasteiger partial charge in [-0.1, -0.05) is 6.07 Å². The van der Waals surface area contributed by atoms with E-state index >= 15 is 0 Å². The van der Waals surface area contributed by atoms with Gasteiger partial charge >= 0.3 is 0 Å². The van der Waals surface area contributed by atoms with Crippen molar-refractivity contribution < 1.29 is 14.0 Å². The Kier molecular flexibility index (Phi) is 5.04. The molecule has 4 rings (SSSR count). The van der Waals surface area contributed by atoms with E-state index in [-0.39, 0.29) is 23.6 Å². The van der Waals surface area contributed by atoms with Crippen molar-refractivity contribution in [1.29, 1.82) is 0 Å². The lowest BCUT2D eigenvalue weighted by Gasteiger charge is -2.15. The van der Waals surface area contributed by atoms with Gasteiger partial charge in [-0.25, -0.2) is 4.68 Å². The second-order valence-electron chi connectivity index (χ2n) is 6.83. The van der Waals surface area contributed by atoms with E-state index in [1.807, 2.05) is 4.68 Å². The van der Waals surface area contributed by atoms with Gasteiger partial charge in [0.25, 0.3) is 11.8 Å². The Morgan fingerprint density at radius 3 is 2.71 bits per heavy atom. The number of halogens is 1. The van der Waals surface area contributed by atoms with Crippen LogP contribution in [-0.4, -0.2) is 21.6 Å². The lowest BCUT2D eigenvalue weighted by Crippen LogP contribution is -2.19. The zero-order chi connectivity index (χ0) is 19.7. The zero-order valence-corrected chi connectivity index (χ0v) is 16.8. The lowest BCUT2D eigenvalue weighted by atomic mass is 10.2. The first-order chi connectivity index (χ1) is 13.5. The van der Waals surface area contributed by atoms with Crippen LogP contribution in [0.2, 0.25) is 0 Å². The van der Waals surface area contributed by atoms with Crippen LogP contribution in [0.15, 0.2) is 57.7 Å². The fourth-order valence-electron chi connectivity index (χ4n) is 3.07. The molecule has 2 aromatic heterocycles. The van der Waals surface area contributed by atoms with Gasteiger partial charge in [0.15, 0.2) is 10.4 Å². The maximum absolute atomic E-state index is 12.7. The molecule has 144 valence electrons. The summed E-state index contributed by atoms with van der Waals surface area (Å²) in [5.41, 5.74) is 0.940. The number of hydrogen-bond donors (Lipinski definition) is 2. The number of anilines is 2. The minimum Gasteiger partial charge on any atom is -0.444 e. The van der Waals surface area contributed by atoms with Crippen LogP contribution < -0.4 is 10.6 Å². The molecule has 2 N–H and O–H groups in total. The summed E-state index contributed by atoms with van der Waals surface area (Å²) in [6.45, 7) is 2.11. The number of nitrogens with one attached hydrogen (secondary N) is 2. The maximum atomic E-state index is 12.7. The first-order valence-corrected chi connectivity index (χ1v) is 9.82. The summed E-state index contributed by atoms with van der Waals surface area (Å²) in [4.78, 5) is 24.9. The van der Waals surface area contributed by atoms with E-state index in [1.54, 1.807) is 48.7 Å². The molecule has 0 saturated heterocycles. The molecule has 2 amide bonds. The monoisotopic (exact) mass is 442 g/mol. The molecule has 7 nitrogen and oxygen atoms in total. The fourth-order valence-corrected chi connectivity index (χ4v) is 3.38. The molecule has 1 unspecified atom stereocenters. The standard InChI is InChI=1S/C20H19BrN4O3/c1-12(13-5-6-13)25-18(9-10-22-25)24-19(26)14-3-2-4-15(11-14)23-20(27)16-7-8-17(21)28-16/h2-4,7-13H,5-6H2,1H3,(H,23,27)(H,24,26). The third-order valence-corrected chi connectivity index (χ3v) is 5.21. The predicted molar refractivity (Wildman–Crippen MR) is 108 cm³/mol. The van der Waals surface area contributed by atoms with Crippen LogP contribution in [0.3, 0.4) is 0 Å². The van der Waals surface area contributed by atoms with Gasteiger partial charge in [-0.05, 0) is 71.9 Å². The highest BCUT2D eigenvalue weighted by Gasteiger charge is 2.30. The Balaban J connectivity index is 1.46. The summed E-state index contributed by atoms with van der Waals surface area (Å²) < 4.78 is 7.57. The molecule has 0 spiro atoms. The van der Waals surface area contributed by atoms with Crippen molar-refractivity contribution in [2.75, 3.05) is 10.6 Å². The van der Waals surface area contributed by atoms with Crippen molar-refractivity contribution in [3.05, 3.63) is 64.7 Å². The summed E-state index contributed by atoms with van der Waals surface area (Å²) in [7, 11) is 0. The molecule has 1 aromatic carbocycles. The van der Waals surface area contributed by atoms with Gasteiger partial charge in [0, 0.05) is 17.3 Å². The van der Waals surface area contributed by atoms with Gasteiger partial charge in [0.05, 0.1) is 12.2 Å². The molecule has 0 aliphatic heterocycles. The lowest BCUT2D eigenvalue weighted by molar-refractivity contribution is 0.0992. The molecule has 28 heavy (non-hydrogen) atoms. The minimum absolute atomic E-state index is 0.180. The molecule has 0 radical (unpaired) electrons. The number of amides is 2. The van der Waals surface area contributed by atoms with E-state index in [0.717, 1.165) is 0 Å². The SMILES string of the molecule is CC(C1CC1)n1nccc1NC(=O)c1cccc(NC(=O)c2ccc(Br)o2)c1. The molecule has 1 atom stereocenters. The van der Waals surface area contributed by atoms with Crippen molar-refractivity contribution in [3.8, 4) is 0 Å². The molecule has 2 heterocycles. The minimum atomic E-state index is -0.389. The number of aromatic nitrogens is 2. The maximum Gasteiger partial charge on any atom is 0.291 e. The molecular formula is C20H19BrN4O3. The fraction of sp³-hybridized carbons (Fsp3) is 0.250. The van der Waals surface area contributed by atoms with E-state index in [0.29, 0.717) is 27.7 Å². The van der Waals surface area contributed by atoms with Gasteiger partial charge in [0.1, 0.15) is 5.82 Å². The molecule has 8 heteroatoms. The van der Waals surface area contributed by atoms with Crippen molar-refractivity contribution >= 4 is 39.2 Å². The smallest absolute Gasteiger partial charge is 0.291 e.